The summed E-state index contributed by atoms with van der Waals surface area (Å²) in [5.41, 5.74) is 0.788. The van der Waals surface area contributed by atoms with Gasteiger partial charge in [0.1, 0.15) is 0 Å². The molecule has 0 saturated heterocycles. The number of guanidine groups is 1. The van der Waals surface area contributed by atoms with E-state index in [0.717, 1.165) is 5.69 Å². The number of aliphatic imine (C=N–C) groups is 1. The lowest BCUT2D eigenvalue weighted by Crippen LogP contribution is -2.44. The largest absolute Gasteiger partial charge is 0.354 e. The second kappa shape index (κ2) is 9.60. The SMILES string of the molecule is CN=C(NCC(=O)Nc1ccccc1)NC(C)C.I. The number of rotatable bonds is 4. The van der Waals surface area contributed by atoms with Gasteiger partial charge in [-0.2, -0.15) is 0 Å². The smallest absolute Gasteiger partial charge is 0.243 e. The van der Waals surface area contributed by atoms with Gasteiger partial charge in [0.2, 0.25) is 5.91 Å². The van der Waals surface area contributed by atoms with Crippen LogP contribution in [0.5, 0.6) is 0 Å². The van der Waals surface area contributed by atoms with Gasteiger partial charge in [0.25, 0.3) is 0 Å². The molecule has 1 aromatic rings. The summed E-state index contributed by atoms with van der Waals surface area (Å²) < 4.78 is 0. The zero-order valence-corrected chi connectivity index (χ0v) is 13.8. The van der Waals surface area contributed by atoms with Gasteiger partial charge in [0.05, 0.1) is 6.54 Å². The fourth-order valence-electron chi connectivity index (χ4n) is 1.36. The highest BCUT2D eigenvalue weighted by Crippen LogP contribution is 2.03. The Balaban J connectivity index is 0.00000324. The maximum Gasteiger partial charge on any atom is 0.243 e. The molecule has 0 spiro atoms. The van der Waals surface area contributed by atoms with Gasteiger partial charge in [-0.05, 0) is 26.0 Å². The Hall–Kier alpha value is -1.31. The van der Waals surface area contributed by atoms with Gasteiger partial charge in [-0.25, -0.2) is 0 Å². The van der Waals surface area contributed by atoms with E-state index in [1.165, 1.54) is 0 Å². The second-order valence-corrected chi connectivity index (χ2v) is 4.14. The molecule has 1 aromatic carbocycles. The third kappa shape index (κ3) is 7.66. The van der Waals surface area contributed by atoms with Gasteiger partial charge >= 0.3 is 0 Å². The maximum absolute atomic E-state index is 11.7. The van der Waals surface area contributed by atoms with Crippen LogP contribution in [0.25, 0.3) is 0 Å². The van der Waals surface area contributed by atoms with E-state index < -0.39 is 0 Å². The lowest BCUT2D eigenvalue weighted by molar-refractivity contribution is -0.115. The highest BCUT2D eigenvalue weighted by Gasteiger charge is 2.04. The Labute approximate surface area is 131 Å². The first-order valence-corrected chi connectivity index (χ1v) is 5.94. The molecule has 0 radical (unpaired) electrons. The monoisotopic (exact) mass is 376 g/mol. The number of hydrogen-bond donors (Lipinski definition) is 3. The molecule has 0 saturated carbocycles. The Morgan fingerprint density at radius 2 is 1.89 bits per heavy atom. The first-order chi connectivity index (χ1) is 8.61. The molecular weight excluding hydrogens is 355 g/mol. The van der Waals surface area contributed by atoms with Crippen LogP contribution in [0.1, 0.15) is 13.8 Å². The van der Waals surface area contributed by atoms with E-state index in [-0.39, 0.29) is 42.5 Å². The minimum Gasteiger partial charge on any atom is -0.354 e. The molecule has 19 heavy (non-hydrogen) atoms. The molecule has 0 atom stereocenters. The number of nitrogens with zero attached hydrogens (tertiary/aromatic N) is 1. The zero-order valence-electron chi connectivity index (χ0n) is 11.4. The number of benzene rings is 1. The molecule has 6 heteroatoms. The third-order valence-corrected chi connectivity index (χ3v) is 2.12. The van der Waals surface area contributed by atoms with E-state index in [1.54, 1.807) is 7.05 Å². The van der Waals surface area contributed by atoms with E-state index >= 15 is 0 Å². The normalized spacial score (nSPS) is 10.6. The Bertz CT molecular complexity index is 406. The minimum atomic E-state index is -0.104. The summed E-state index contributed by atoms with van der Waals surface area (Å²) in [7, 11) is 1.67. The fraction of sp³-hybridized carbons (Fsp3) is 0.385. The quantitative estimate of drug-likeness (QED) is 0.427. The molecule has 0 heterocycles. The summed E-state index contributed by atoms with van der Waals surface area (Å²) in [6.45, 7) is 4.20. The number of carbonyl (C=O) groups excluding carboxylic acids is 1. The standard InChI is InChI=1S/C13H20N4O.HI/c1-10(2)16-13(14-3)15-9-12(18)17-11-7-5-4-6-8-11;/h4-8,10H,9H2,1-3H3,(H,17,18)(H2,14,15,16);1H. The number of anilines is 1. The molecule has 0 unspecified atom stereocenters. The molecule has 5 nitrogen and oxygen atoms in total. The van der Waals surface area contributed by atoms with Gasteiger partial charge in [-0.1, -0.05) is 18.2 Å². The summed E-state index contributed by atoms with van der Waals surface area (Å²) in [4.78, 5) is 15.7. The van der Waals surface area contributed by atoms with E-state index in [2.05, 4.69) is 20.9 Å². The van der Waals surface area contributed by atoms with Crippen molar-refractivity contribution in [3.05, 3.63) is 30.3 Å². The van der Waals surface area contributed by atoms with Crippen molar-refractivity contribution in [1.82, 2.24) is 10.6 Å². The lowest BCUT2D eigenvalue weighted by atomic mass is 10.3. The number of hydrogen-bond acceptors (Lipinski definition) is 2. The van der Waals surface area contributed by atoms with Crippen LogP contribution in [0.4, 0.5) is 5.69 Å². The van der Waals surface area contributed by atoms with Gasteiger partial charge in [-0.3, -0.25) is 9.79 Å². The first-order valence-electron chi connectivity index (χ1n) is 5.94. The van der Waals surface area contributed by atoms with Crippen molar-refractivity contribution >= 4 is 41.5 Å². The van der Waals surface area contributed by atoms with Gasteiger partial charge in [-0.15, -0.1) is 24.0 Å². The highest BCUT2D eigenvalue weighted by atomic mass is 127. The molecule has 0 aromatic heterocycles. The molecule has 1 amide bonds. The van der Waals surface area contributed by atoms with Crippen molar-refractivity contribution in [3.63, 3.8) is 0 Å². The van der Waals surface area contributed by atoms with Crippen LogP contribution in [0.2, 0.25) is 0 Å². The van der Waals surface area contributed by atoms with Crippen LogP contribution in [0.15, 0.2) is 35.3 Å². The fourth-order valence-corrected chi connectivity index (χ4v) is 1.36. The van der Waals surface area contributed by atoms with Gasteiger partial charge < -0.3 is 16.0 Å². The Kier molecular flexibility index (Phi) is 8.94. The van der Waals surface area contributed by atoms with E-state index in [9.17, 15) is 4.79 Å². The average Bonchev–Trinajstić information content (AvgIpc) is 2.35. The first kappa shape index (κ1) is 17.7. The van der Waals surface area contributed by atoms with Gasteiger partial charge in [0, 0.05) is 18.8 Å². The molecule has 1 rings (SSSR count). The van der Waals surface area contributed by atoms with E-state index in [0.29, 0.717) is 5.96 Å². The molecule has 0 bridgehead atoms. The van der Waals surface area contributed by atoms with Crippen LogP contribution in [-0.4, -0.2) is 31.5 Å². The second-order valence-electron chi connectivity index (χ2n) is 4.14. The number of para-hydroxylation sites is 1. The Morgan fingerprint density at radius 1 is 1.26 bits per heavy atom. The Morgan fingerprint density at radius 3 is 2.42 bits per heavy atom. The molecule has 3 N–H and O–H groups in total. The summed E-state index contributed by atoms with van der Waals surface area (Å²) in [5.74, 6) is 0.515. The topological polar surface area (TPSA) is 65.5 Å². The molecule has 0 fully saturated rings. The van der Waals surface area contributed by atoms with Crippen molar-refractivity contribution in [2.24, 2.45) is 4.99 Å². The maximum atomic E-state index is 11.7. The van der Waals surface area contributed by atoms with Crippen LogP contribution in [0.3, 0.4) is 0 Å². The average molecular weight is 376 g/mol. The van der Waals surface area contributed by atoms with Crippen LogP contribution < -0.4 is 16.0 Å². The van der Waals surface area contributed by atoms with Crippen LogP contribution in [-0.2, 0) is 4.79 Å². The van der Waals surface area contributed by atoms with E-state index in [1.807, 2.05) is 44.2 Å². The van der Waals surface area contributed by atoms with Gasteiger partial charge in [0.15, 0.2) is 5.96 Å². The number of halogens is 1. The minimum absolute atomic E-state index is 0. The molecule has 0 aliphatic heterocycles. The predicted octanol–water partition coefficient (Wildman–Crippen LogP) is 1.82. The summed E-state index contributed by atoms with van der Waals surface area (Å²) in [5, 5.41) is 8.85. The van der Waals surface area contributed by atoms with Crippen molar-refractivity contribution in [2.45, 2.75) is 19.9 Å². The number of amides is 1. The lowest BCUT2D eigenvalue weighted by Gasteiger charge is -2.14. The van der Waals surface area contributed by atoms with Crippen LogP contribution in [0, 0.1) is 0 Å². The van der Waals surface area contributed by atoms with Crippen molar-refractivity contribution < 1.29 is 4.79 Å². The van der Waals surface area contributed by atoms with E-state index in [4.69, 9.17) is 0 Å². The van der Waals surface area contributed by atoms with Crippen molar-refractivity contribution in [1.29, 1.82) is 0 Å². The van der Waals surface area contributed by atoms with Crippen LogP contribution >= 0.6 is 24.0 Å². The van der Waals surface area contributed by atoms with Crippen molar-refractivity contribution in [3.8, 4) is 0 Å². The summed E-state index contributed by atoms with van der Waals surface area (Å²) >= 11 is 0. The molecule has 0 aliphatic carbocycles. The number of nitrogens with one attached hydrogen (secondary N) is 3. The summed E-state index contributed by atoms with van der Waals surface area (Å²) in [6, 6.07) is 9.62. The molecular formula is C13H21IN4O. The highest BCUT2D eigenvalue weighted by molar-refractivity contribution is 14.0. The molecule has 106 valence electrons. The summed E-state index contributed by atoms with van der Waals surface area (Å²) in [6.07, 6.45) is 0. The third-order valence-electron chi connectivity index (χ3n) is 2.12. The zero-order chi connectivity index (χ0) is 13.4. The predicted molar refractivity (Wildman–Crippen MR) is 90.1 cm³/mol. The number of carbonyl (C=O) groups is 1. The van der Waals surface area contributed by atoms with Crippen molar-refractivity contribution in [2.75, 3.05) is 18.9 Å². The molecule has 0 aliphatic rings.